The van der Waals surface area contributed by atoms with Crippen molar-refractivity contribution in [1.29, 1.82) is 5.26 Å². The number of para-hydroxylation sites is 2. The largest absolute Gasteiger partial charge is 0.496 e. The van der Waals surface area contributed by atoms with E-state index in [4.69, 9.17) is 10.00 Å². The summed E-state index contributed by atoms with van der Waals surface area (Å²) >= 11 is 0. The molecule has 26 heavy (non-hydrogen) atoms. The van der Waals surface area contributed by atoms with Crippen molar-refractivity contribution in [3.63, 3.8) is 0 Å². The molecule has 2 amide bonds. The van der Waals surface area contributed by atoms with Crippen LogP contribution in [0.15, 0.2) is 48.5 Å². The Labute approximate surface area is 152 Å². The van der Waals surface area contributed by atoms with Crippen LogP contribution in [0.5, 0.6) is 5.75 Å². The van der Waals surface area contributed by atoms with Gasteiger partial charge < -0.3 is 15.4 Å². The third kappa shape index (κ3) is 5.64. The maximum Gasteiger partial charge on any atom is 0.234 e. The lowest BCUT2D eigenvalue weighted by molar-refractivity contribution is -0.120. The lowest BCUT2D eigenvalue weighted by atomic mass is 10.1. The number of anilines is 1. The molecule has 0 fully saturated rings. The zero-order valence-corrected chi connectivity index (χ0v) is 14.6. The van der Waals surface area contributed by atoms with Crippen molar-refractivity contribution in [1.82, 2.24) is 5.32 Å². The molecule has 2 N–H and O–H groups in total. The van der Waals surface area contributed by atoms with Gasteiger partial charge in [0, 0.05) is 18.7 Å². The fourth-order valence-electron chi connectivity index (χ4n) is 2.49. The molecule has 0 atom stereocenters. The molecule has 134 valence electrons. The van der Waals surface area contributed by atoms with Crippen LogP contribution in [0, 0.1) is 11.3 Å². The van der Waals surface area contributed by atoms with E-state index >= 15 is 0 Å². The van der Waals surface area contributed by atoms with Gasteiger partial charge in [-0.25, -0.2) is 0 Å². The van der Waals surface area contributed by atoms with E-state index < -0.39 is 0 Å². The number of hydrogen-bond donors (Lipinski definition) is 2. The number of carbonyl (C=O) groups excluding carboxylic acids is 2. The Kier molecular flexibility index (Phi) is 7.19. The van der Waals surface area contributed by atoms with Crippen LogP contribution >= 0.6 is 0 Å². The number of carbonyl (C=O) groups is 2. The van der Waals surface area contributed by atoms with Gasteiger partial charge in [-0.2, -0.15) is 5.26 Å². The monoisotopic (exact) mass is 351 g/mol. The Morgan fingerprint density at radius 1 is 1.04 bits per heavy atom. The molecule has 0 heterocycles. The molecule has 0 aromatic heterocycles. The number of nitrogens with one attached hydrogen (secondary N) is 2. The fraction of sp³-hybridized carbons (Fsp3) is 0.250. The minimum atomic E-state index is -0.343. The zero-order chi connectivity index (χ0) is 18.8. The number of amides is 2. The number of ether oxygens (including phenoxy) is 1. The Hall–Kier alpha value is -3.33. The molecule has 2 aromatic carbocycles. The van der Waals surface area contributed by atoms with E-state index in [1.165, 1.54) is 0 Å². The molecule has 0 spiro atoms. The van der Waals surface area contributed by atoms with Crippen molar-refractivity contribution in [2.45, 2.75) is 25.8 Å². The second-order valence-electron chi connectivity index (χ2n) is 5.63. The number of hydrogen-bond acceptors (Lipinski definition) is 4. The van der Waals surface area contributed by atoms with Crippen LogP contribution in [-0.4, -0.2) is 18.9 Å². The first kappa shape index (κ1) is 19.0. The summed E-state index contributed by atoms with van der Waals surface area (Å²) in [5, 5.41) is 14.1. The van der Waals surface area contributed by atoms with Gasteiger partial charge in [-0.05, 0) is 29.7 Å². The van der Waals surface area contributed by atoms with Crippen molar-refractivity contribution in [3.05, 3.63) is 59.7 Å². The van der Waals surface area contributed by atoms with E-state index in [-0.39, 0.29) is 24.8 Å². The Morgan fingerprint density at radius 2 is 1.73 bits per heavy atom. The summed E-state index contributed by atoms with van der Waals surface area (Å²) in [4.78, 5) is 23.7. The van der Waals surface area contributed by atoms with Crippen molar-refractivity contribution < 1.29 is 14.3 Å². The SMILES string of the molecule is COc1ccccc1CCC(=O)Nc1ccccc1CNC(=O)CC#N. The predicted molar refractivity (Wildman–Crippen MR) is 98.5 cm³/mol. The summed E-state index contributed by atoms with van der Waals surface area (Å²) in [6.45, 7) is 0.253. The van der Waals surface area contributed by atoms with Crippen molar-refractivity contribution in [2.75, 3.05) is 12.4 Å². The number of benzene rings is 2. The van der Waals surface area contributed by atoms with Gasteiger partial charge in [0.05, 0.1) is 13.2 Å². The van der Waals surface area contributed by atoms with Crippen molar-refractivity contribution in [3.8, 4) is 11.8 Å². The van der Waals surface area contributed by atoms with Crippen LogP contribution in [0.25, 0.3) is 0 Å². The van der Waals surface area contributed by atoms with E-state index in [2.05, 4.69) is 10.6 Å². The van der Waals surface area contributed by atoms with Gasteiger partial charge >= 0.3 is 0 Å². The summed E-state index contributed by atoms with van der Waals surface area (Å²) in [5.41, 5.74) is 2.40. The molecule has 0 bridgehead atoms. The van der Waals surface area contributed by atoms with Crippen LogP contribution < -0.4 is 15.4 Å². The maximum absolute atomic E-state index is 12.3. The highest BCUT2D eigenvalue weighted by atomic mass is 16.5. The fourth-order valence-corrected chi connectivity index (χ4v) is 2.49. The quantitative estimate of drug-likeness (QED) is 0.765. The Balaban J connectivity index is 1.94. The van der Waals surface area contributed by atoms with Crippen molar-refractivity contribution in [2.24, 2.45) is 0 Å². The molecular weight excluding hydrogens is 330 g/mol. The highest BCUT2D eigenvalue weighted by Crippen LogP contribution is 2.20. The van der Waals surface area contributed by atoms with Crippen LogP contribution in [0.1, 0.15) is 24.0 Å². The second-order valence-corrected chi connectivity index (χ2v) is 5.63. The minimum absolute atomic E-state index is 0.119. The van der Waals surface area contributed by atoms with Gasteiger partial charge in [0.1, 0.15) is 12.2 Å². The molecule has 2 aromatic rings. The molecule has 6 nitrogen and oxygen atoms in total. The molecule has 2 rings (SSSR count). The van der Waals surface area contributed by atoms with Gasteiger partial charge in [0.25, 0.3) is 0 Å². The third-order valence-electron chi connectivity index (χ3n) is 3.82. The van der Waals surface area contributed by atoms with Crippen molar-refractivity contribution >= 4 is 17.5 Å². The number of aryl methyl sites for hydroxylation is 1. The highest BCUT2D eigenvalue weighted by molar-refractivity contribution is 5.91. The van der Waals surface area contributed by atoms with Crippen LogP contribution in [0.4, 0.5) is 5.69 Å². The van der Waals surface area contributed by atoms with Crippen LogP contribution in [0.2, 0.25) is 0 Å². The molecule has 0 unspecified atom stereocenters. The van der Waals surface area contributed by atoms with E-state index in [1.54, 1.807) is 19.2 Å². The minimum Gasteiger partial charge on any atom is -0.496 e. The van der Waals surface area contributed by atoms with Crippen LogP contribution in [-0.2, 0) is 22.6 Å². The molecule has 0 saturated carbocycles. The van der Waals surface area contributed by atoms with Gasteiger partial charge in [-0.15, -0.1) is 0 Å². The lowest BCUT2D eigenvalue weighted by Gasteiger charge is -2.12. The molecule has 6 heteroatoms. The average molecular weight is 351 g/mol. The Morgan fingerprint density at radius 3 is 2.46 bits per heavy atom. The highest BCUT2D eigenvalue weighted by Gasteiger charge is 2.10. The summed E-state index contributed by atoms with van der Waals surface area (Å²) in [5.74, 6) is 0.303. The number of nitrogens with zero attached hydrogens (tertiary/aromatic N) is 1. The first-order chi connectivity index (χ1) is 12.6. The second kappa shape index (κ2) is 9.84. The molecule has 0 radical (unpaired) electrons. The lowest BCUT2D eigenvalue weighted by Crippen LogP contribution is -2.23. The molecular formula is C20H21N3O3. The molecule has 0 aliphatic rings. The summed E-state index contributed by atoms with van der Waals surface area (Å²) < 4.78 is 5.29. The zero-order valence-electron chi connectivity index (χ0n) is 14.6. The van der Waals surface area contributed by atoms with Gasteiger partial charge in [-0.3, -0.25) is 9.59 Å². The number of rotatable bonds is 8. The first-order valence-corrected chi connectivity index (χ1v) is 8.27. The average Bonchev–Trinajstić information content (AvgIpc) is 2.66. The first-order valence-electron chi connectivity index (χ1n) is 8.27. The van der Waals surface area contributed by atoms with Crippen LogP contribution in [0.3, 0.4) is 0 Å². The van der Waals surface area contributed by atoms with Gasteiger partial charge in [-0.1, -0.05) is 36.4 Å². The Bertz CT molecular complexity index is 812. The third-order valence-corrected chi connectivity index (χ3v) is 3.82. The summed E-state index contributed by atoms with van der Waals surface area (Å²) in [7, 11) is 1.61. The smallest absolute Gasteiger partial charge is 0.234 e. The molecule has 0 aliphatic carbocycles. The van der Waals surface area contributed by atoms with E-state index in [9.17, 15) is 9.59 Å². The van der Waals surface area contributed by atoms with E-state index in [0.717, 1.165) is 16.9 Å². The van der Waals surface area contributed by atoms with E-state index in [0.29, 0.717) is 18.5 Å². The number of nitriles is 1. The van der Waals surface area contributed by atoms with Gasteiger partial charge in [0.2, 0.25) is 11.8 Å². The predicted octanol–water partition coefficient (Wildman–Crippen LogP) is 2.80. The van der Waals surface area contributed by atoms with E-state index in [1.807, 2.05) is 42.5 Å². The topological polar surface area (TPSA) is 91.2 Å². The summed E-state index contributed by atoms with van der Waals surface area (Å²) in [6, 6.07) is 16.7. The maximum atomic E-state index is 12.3. The molecule has 0 saturated heterocycles. The summed E-state index contributed by atoms with van der Waals surface area (Å²) in [6.07, 6.45) is 0.694. The normalized spacial score (nSPS) is 9.85. The standard InChI is InChI=1S/C20H21N3O3/c1-26-18-9-5-3-6-15(18)10-11-20(25)23-17-8-4-2-7-16(17)14-22-19(24)12-13-21/h2-9H,10-12,14H2,1H3,(H,22,24)(H,23,25). The van der Waals surface area contributed by atoms with Gasteiger partial charge in [0.15, 0.2) is 0 Å². The molecule has 0 aliphatic heterocycles. The number of methoxy groups -OCH3 is 1.